The van der Waals surface area contributed by atoms with Crippen molar-refractivity contribution in [2.75, 3.05) is 37.8 Å². The van der Waals surface area contributed by atoms with Crippen molar-refractivity contribution in [3.63, 3.8) is 0 Å². The summed E-state index contributed by atoms with van der Waals surface area (Å²) in [6.45, 7) is 3.00. The Morgan fingerprint density at radius 1 is 1.05 bits per heavy atom. The molecule has 3 nitrogen and oxygen atoms in total. The Balaban J connectivity index is 1.21. The van der Waals surface area contributed by atoms with Crippen LogP contribution in [0.3, 0.4) is 0 Å². The van der Waals surface area contributed by atoms with Crippen LogP contribution < -0.4 is 0 Å². The SMILES string of the molecule is O=C(CSCCC12CC3CC(CC(C3)C1)C2)N1CCOCC1. The molecule has 0 N–H and O–H groups in total. The maximum absolute atomic E-state index is 12.2. The highest BCUT2D eigenvalue weighted by Crippen LogP contribution is 2.61. The number of hydrogen-bond donors (Lipinski definition) is 0. The molecule has 0 aromatic heterocycles. The second kappa shape index (κ2) is 6.35. The summed E-state index contributed by atoms with van der Waals surface area (Å²) >= 11 is 1.87. The van der Waals surface area contributed by atoms with Gasteiger partial charge in [-0.15, -0.1) is 0 Å². The zero-order valence-corrected chi connectivity index (χ0v) is 14.4. The average molecular weight is 324 g/mol. The molecular formula is C18H29NO2S. The van der Waals surface area contributed by atoms with Gasteiger partial charge in [0.25, 0.3) is 0 Å². The van der Waals surface area contributed by atoms with Gasteiger partial charge in [0.1, 0.15) is 0 Å². The van der Waals surface area contributed by atoms with E-state index < -0.39 is 0 Å². The van der Waals surface area contributed by atoms with Gasteiger partial charge in [-0.25, -0.2) is 0 Å². The van der Waals surface area contributed by atoms with Gasteiger partial charge in [-0.1, -0.05) is 0 Å². The summed E-state index contributed by atoms with van der Waals surface area (Å²) in [5.41, 5.74) is 0.670. The smallest absolute Gasteiger partial charge is 0.232 e. The molecule has 4 aliphatic carbocycles. The molecule has 4 saturated carbocycles. The van der Waals surface area contributed by atoms with E-state index in [0.717, 1.165) is 30.8 Å². The standard InChI is InChI=1S/C18H29NO2S/c20-17(19-2-4-21-5-3-19)13-22-6-1-18-10-14-7-15(11-18)9-16(8-14)12-18/h14-16H,1-13H2. The first-order chi connectivity index (χ1) is 10.7. The summed E-state index contributed by atoms with van der Waals surface area (Å²) in [7, 11) is 0. The van der Waals surface area contributed by atoms with Crippen LogP contribution in [-0.4, -0.2) is 48.6 Å². The second-order valence-corrected chi connectivity index (χ2v) is 9.32. The lowest BCUT2D eigenvalue weighted by Gasteiger charge is -2.57. The lowest BCUT2D eigenvalue weighted by Crippen LogP contribution is -2.46. The number of carbonyl (C=O) groups is 1. The van der Waals surface area contributed by atoms with Crippen LogP contribution in [0.5, 0.6) is 0 Å². The Labute approximate surface area is 138 Å². The largest absolute Gasteiger partial charge is 0.378 e. The summed E-state index contributed by atoms with van der Waals surface area (Å²) in [6, 6.07) is 0. The predicted octanol–water partition coefficient (Wildman–Crippen LogP) is 3.18. The highest BCUT2D eigenvalue weighted by Gasteiger charge is 2.50. The molecule has 1 heterocycles. The minimum absolute atomic E-state index is 0.318. The molecule has 0 aromatic carbocycles. The number of carbonyl (C=O) groups excluding carboxylic acids is 1. The summed E-state index contributed by atoms with van der Waals surface area (Å²) in [5.74, 6) is 5.32. The van der Waals surface area contributed by atoms with E-state index in [1.807, 2.05) is 16.7 Å². The van der Waals surface area contributed by atoms with E-state index in [9.17, 15) is 4.79 Å². The van der Waals surface area contributed by atoms with Crippen LogP contribution in [0, 0.1) is 23.2 Å². The molecule has 1 saturated heterocycles. The Morgan fingerprint density at radius 2 is 1.64 bits per heavy atom. The van der Waals surface area contributed by atoms with Crippen LogP contribution in [0.1, 0.15) is 44.9 Å². The minimum Gasteiger partial charge on any atom is -0.378 e. The predicted molar refractivity (Wildman–Crippen MR) is 89.9 cm³/mol. The zero-order valence-electron chi connectivity index (χ0n) is 13.6. The maximum atomic E-state index is 12.2. The molecule has 4 bridgehead atoms. The van der Waals surface area contributed by atoms with Gasteiger partial charge in [-0.05, 0) is 73.9 Å². The lowest BCUT2D eigenvalue weighted by atomic mass is 9.49. The van der Waals surface area contributed by atoms with E-state index in [2.05, 4.69) is 0 Å². The van der Waals surface area contributed by atoms with Crippen LogP contribution in [0.15, 0.2) is 0 Å². The van der Waals surface area contributed by atoms with Gasteiger partial charge in [0.2, 0.25) is 5.91 Å². The summed E-state index contributed by atoms with van der Waals surface area (Å²) in [6.07, 6.45) is 10.4. The van der Waals surface area contributed by atoms with E-state index in [0.29, 0.717) is 30.3 Å². The Morgan fingerprint density at radius 3 is 2.23 bits per heavy atom. The van der Waals surface area contributed by atoms with Gasteiger partial charge < -0.3 is 9.64 Å². The quantitative estimate of drug-likeness (QED) is 0.728. The number of thioether (sulfide) groups is 1. The fourth-order valence-corrected chi connectivity index (χ4v) is 7.03. The Hall–Kier alpha value is -0.220. The Kier molecular flexibility index (Phi) is 4.42. The molecule has 0 spiro atoms. The van der Waals surface area contributed by atoms with Gasteiger partial charge in [0, 0.05) is 13.1 Å². The number of morpholine rings is 1. The van der Waals surface area contributed by atoms with Crippen molar-refractivity contribution in [2.24, 2.45) is 23.2 Å². The van der Waals surface area contributed by atoms with E-state index in [1.165, 1.54) is 50.7 Å². The van der Waals surface area contributed by atoms with Crippen LogP contribution in [0.4, 0.5) is 0 Å². The zero-order chi connectivity index (χ0) is 15.0. The maximum Gasteiger partial charge on any atom is 0.232 e. The van der Waals surface area contributed by atoms with Crippen molar-refractivity contribution in [3.8, 4) is 0 Å². The molecule has 0 atom stereocenters. The molecule has 5 fully saturated rings. The summed E-state index contributed by atoms with van der Waals surface area (Å²) in [4.78, 5) is 14.1. The number of rotatable bonds is 5. The first-order valence-corrected chi connectivity index (χ1v) is 10.3. The fourth-order valence-electron chi connectivity index (χ4n) is 5.95. The number of amides is 1. The molecule has 124 valence electrons. The third-order valence-electron chi connectivity index (χ3n) is 6.53. The summed E-state index contributed by atoms with van der Waals surface area (Å²) in [5, 5.41) is 0. The van der Waals surface area contributed by atoms with E-state index in [-0.39, 0.29) is 0 Å². The molecular weight excluding hydrogens is 294 g/mol. The lowest BCUT2D eigenvalue weighted by molar-refractivity contribution is -0.132. The van der Waals surface area contributed by atoms with Crippen LogP contribution in [0.25, 0.3) is 0 Å². The molecule has 5 aliphatic rings. The normalized spacial score (nSPS) is 40.2. The van der Waals surface area contributed by atoms with Crippen molar-refractivity contribution in [3.05, 3.63) is 0 Å². The number of nitrogens with zero attached hydrogens (tertiary/aromatic N) is 1. The highest BCUT2D eigenvalue weighted by atomic mass is 32.2. The van der Waals surface area contributed by atoms with Crippen molar-refractivity contribution in [1.29, 1.82) is 0 Å². The van der Waals surface area contributed by atoms with Gasteiger partial charge in [0.15, 0.2) is 0 Å². The van der Waals surface area contributed by atoms with Crippen LogP contribution in [-0.2, 0) is 9.53 Å². The molecule has 1 amide bonds. The van der Waals surface area contributed by atoms with Gasteiger partial charge in [-0.3, -0.25) is 4.79 Å². The average Bonchev–Trinajstić information content (AvgIpc) is 2.51. The van der Waals surface area contributed by atoms with Gasteiger partial charge in [-0.2, -0.15) is 11.8 Å². The fraction of sp³-hybridized carbons (Fsp3) is 0.944. The molecule has 5 rings (SSSR count). The van der Waals surface area contributed by atoms with Crippen molar-refractivity contribution >= 4 is 17.7 Å². The monoisotopic (exact) mass is 323 g/mol. The molecule has 0 aromatic rings. The molecule has 1 aliphatic heterocycles. The van der Waals surface area contributed by atoms with Gasteiger partial charge >= 0.3 is 0 Å². The van der Waals surface area contributed by atoms with E-state index in [1.54, 1.807) is 0 Å². The number of hydrogen-bond acceptors (Lipinski definition) is 3. The molecule has 0 radical (unpaired) electrons. The first-order valence-electron chi connectivity index (χ1n) is 9.16. The molecule has 0 unspecified atom stereocenters. The second-order valence-electron chi connectivity index (χ2n) is 8.21. The number of ether oxygens (including phenoxy) is 1. The first kappa shape index (κ1) is 15.3. The Bertz CT molecular complexity index is 384. The summed E-state index contributed by atoms with van der Waals surface area (Å²) < 4.78 is 5.31. The topological polar surface area (TPSA) is 29.5 Å². The van der Waals surface area contributed by atoms with Crippen molar-refractivity contribution in [1.82, 2.24) is 4.90 Å². The van der Waals surface area contributed by atoms with Crippen molar-refractivity contribution < 1.29 is 9.53 Å². The van der Waals surface area contributed by atoms with Crippen molar-refractivity contribution in [2.45, 2.75) is 44.9 Å². The highest BCUT2D eigenvalue weighted by molar-refractivity contribution is 7.99. The van der Waals surface area contributed by atoms with Crippen LogP contribution in [0.2, 0.25) is 0 Å². The third kappa shape index (κ3) is 3.19. The van der Waals surface area contributed by atoms with E-state index >= 15 is 0 Å². The van der Waals surface area contributed by atoms with Crippen LogP contribution >= 0.6 is 11.8 Å². The third-order valence-corrected chi connectivity index (χ3v) is 7.47. The molecule has 22 heavy (non-hydrogen) atoms. The molecule has 4 heteroatoms. The van der Waals surface area contributed by atoms with Gasteiger partial charge in [0.05, 0.1) is 19.0 Å². The minimum atomic E-state index is 0.318. The van der Waals surface area contributed by atoms with E-state index in [4.69, 9.17) is 4.74 Å².